The molecule has 0 saturated heterocycles. The van der Waals surface area contributed by atoms with Crippen LogP contribution in [0.15, 0.2) is 18.2 Å². The minimum absolute atomic E-state index is 0.189. The highest BCUT2D eigenvalue weighted by molar-refractivity contribution is 5.31. The van der Waals surface area contributed by atoms with Crippen molar-refractivity contribution in [2.45, 2.75) is 38.5 Å². The summed E-state index contributed by atoms with van der Waals surface area (Å²) in [7, 11) is 3.50. The van der Waals surface area contributed by atoms with Crippen molar-refractivity contribution in [2.24, 2.45) is 5.41 Å². The summed E-state index contributed by atoms with van der Waals surface area (Å²) in [5, 5.41) is 3.29. The lowest BCUT2D eigenvalue weighted by atomic mass is 9.70. The maximum Gasteiger partial charge on any atom is 0.168 e. The first-order chi connectivity index (χ1) is 9.21. The Balaban J connectivity index is 2.21. The molecule has 0 spiro atoms. The molecule has 1 aromatic rings. The molecule has 2 nitrogen and oxygen atoms in total. The fourth-order valence-corrected chi connectivity index (χ4v) is 3.35. The molecular formula is C16H24FNO. The molecule has 19 heavy (non-hydrogen) atoms. The van der Waals surface area contributed by atoms with Crippen LogP contribution >= 0.6 is 0 Å². The first-order valence-corrected chi connectivity index (χ1v) is 7.17. The van der Waals surface area contributed by atoms with Gasteiger partial charge in [0.25, 0.3) is 0 Å². The van der Waals surface area contributed by atoms with Gasteiger partial charge in [-0.3, -0.25) is 0 Å². The second-order valence-electron chi connectivity index (χ2n) is 5.70. The number of ether oxygens (including phenoxy) is 1. The fraction of sp³-hybridized carbons (Fsp3) is 0.625. The first-order valence-electron chi connectivity index (χ1n) is 7.17. The Bertz CT molecular complexity index is 408. The van der Waals surface area contributed by atoms with E-state index in [1.807, 2.05) is 19.2 Å². The van der Waals surface area contributed by atoms with Gasteiger partial charge in [0.2, 0.25) is 0 Å². The summed E-state index contributed by atoms with van der Waals surface area (Å²) in [6.45, 7) is 0.962. The van der Waals surface area contributed by atoms with E-state index in [0.29, 0.717) is 5.75 Å². The van der Waals surface area contributed by atoms with E-state index in [2.05, 4.69) is 5.32 Å². The van der Waals surface area contributed by atoms with Gasteiger partial charge in [-0.25, -0.2) is 4.39 Å². The average Bonchev–Trinajstić information content (AvgIpc) is 2.42. The SMILES string of the molecule is CNCC1(Cc2cccc(OC)c2F)CCCCC1. The van der Waals surface area contributed by atoms with Crippen LogP contribution in [0.3, 0.4) is 0 Å². The quantitative estimate of drug-likeness (QED) is 0.879. The van der Waals surface area contributed by atoms with E-state index < -0.39 is 0 Å². The molecule has 106 valence electrons. The molecule has 0 aliphatic heterocycles. The molecule has 0 amide bonds. The van der Waals surface area contributed by atoms with Gasteiger partial charge in [0.15, 0.2) is 11.6 Å². The van der Waals surface area contributed by atoms with Gasteiger partial charge >= 0.3 is 0 Å². The van der Waals surface area contributed by atoms with Crippen molar-refractivity contribution in [3.05, 3.63) is 29.6 Å². The third-order valence-corrected chi connectivity index (χ3v) is 4.29. The van der Waals surface area contributed by atoms with Gasteiger partial charge in [0, 0.05) is 6.54 Å². The highest BCUT2D eigenvalue weighted by atomic mass is 19.1. The molecule has 0 heterocycles. The lowest BCUT2D eigenvalue weighted by molar-refractivity contribution is 0.183. The van der Waals surface area contributed by atoms with Crippen LogP contribution in [0.25, 0.3) is 0 Å². The molecule has 1 saturated carbocycles. The van der Waals surface area contributed by atoms with Crippen molar-refractivity contribution in [3.8, 4) is 5.75 Å². The third kappa shape index (κ3) is 3.27. The third-order valence-electron chi connectivity index (χ3n) is 4.29. The molecule has 0 atom stereocenters. The van der Waals surface area contributed by atoms with E-state index in [4.69, 9.17) is 4.74 Å². The van der Waals surface area contributed by atoms with Crippen molar-refractivity contribution in [3.63, 3.8) is 0 Å². The van der Waals surface area contributed by atoms with Crippen LogP contribution in [0.5, 0.6) is 5.75 Å². The van der Waals surface area contributed by atoms with E-state index in [9.17, 15) is 4.39 Å². The Morgan fingerprint density at radius 1 is 1.26 bits per heavy atom. The van der Waals surface area contributed by atoms with Crippen LogP contribution < -0.4 is 10.1 Å². The zero-order valence-electron chi connectivity index (χ0n) is 12.0. The fourth-order valence-electron chi connectivity index (χ4n) is 3.35. The van der Waals surface area contributed by atoms with Crippen LogP contribution in [0.4, 0.5) is 4.39 Å². The Hall–Kier alpha value is -1.09. The van der Waals surface area contributed by atoms with Crippen LogP contribution in [0.1, 0.15) is 37.7 Å². The predicted molar refractivity (Wildman–Crippen MR) is 76.1 cm³/mol. The molecule has 3 heteroatoms. The van der Waals surface area contributed by atoms with Crippen molar-refractivity contribution in [1.82, 2.24) is 5.32 Å². The van der Waals surface area contributed by atoms with Gasteiger partial charge in [-0.2, -0.15) is 0 Å². The monoisotopic (exact) mass is 265 g/mol. The van der Waals surface area contributed by atoms with Gasteiger partial charge in [-0.15, -0.1) is 0 Å². The van der Waals surface area contributed by atoms with Gasteiger partial charge in [-0.05, 0) is 43.4 Å². The van der Waals surface area contributed by atoms with Crippen LogP contribution in [0, 0.1) is 11.2 Å². The van der Waals surface area contributed by atoms with Crippen molar-refractivity contribution < 1.29 is 9.13 Å². The molecule has 0 radical (unpaired) electrons. The van der Waals surface area contributed by atoms with Crippen LogP contribution in [-0.2, 0) is 6.42 Å². The van der Waals surface area contributed by atoms with Gasteiger partial charge in [-0.1, -0.05) is 31.4 Å². The summed E-state index contributed by atoms with van der Waals surface area (Å²) < 4.78 is 19.4. The lowest BCUT2D eigenvalue weighted by Gasteiger charge is -2.37. The number of halogens is 1. The molecule has 0 aromatic heterocycles. The first kappa shape index (κ1) is 14.3. The van der Waals surface area contributed by atoms with Gasteiger partial charge in [0.1, 0.15) is 0 Å². The van der Waals surface area contributed by atoms with Crippen molar-refractivity contribution in [1.29, 1.82) is 0 Å². The second-order valence-corrected chi connectivity index (χ2v) is 5.70. The molecular weight excluding hydrogens is 241 g/mol. The molecule has 1 aliphatic carbocycles. The van der Waals surface area contributed by atoms with E-state index in [1.54, 1.807) is 6.07 Å². The number of rotatable bonds is 5. The Morgan fingerprint density at radius 3 is 2.63 bits per heavy atom. The van der Waals surface area contributed by atoms with Crippen molar-refractivity contribution in [2.75, 3.05) is 20.7 Å². The van der Waals surface area contributed by atoms with Crippen molar-refractivity contribution >= 4 is 0 Å². The van der Waals surface area contributed by atoms with E-state index >= 15 is 0 Å². The van der Waals surface area contributed by atoms with E-state index in [1.165, 1.54) is 39.2 Å². The summed E-state index contributed by atoms with van der Waals surface area (Å²) in [6.07, 6.45) is 7.00. The zero-order chi connectivity index (χ0) is 13.7. The molecule has 1 aromatic carbocycles. The summed E-state index contributed by atoms with van der Waals surface area (Å²) in [6, 6.07) is 5.46. The topological polar surface area (TPSA) is 21.3 Å². The maximum absolute atomic E-state index is 14.3. The Labute approximate surface area is 115 Å². The molecule has 1 N–H and O–H groups in total. The zero-order valence-corrected chi connectivity index (χ0v) is 12.0. The summed E-state index contributed by atoms with van der Waals surface area (Å²) in [5.41, 5.74) is 0.997. The summed E-state index contributed by atoms with van der Waals surface area (Å²) in [4.78, 5) is 0. The molecule has 0 bridgehead atoms. The molecule has 0 unspecified atom stereocenters. The molecule has 1 fully saturated rings. The highest BCUT2D eigenvalue weighted by Gasteiger charge is 2.32. The van der Waals surface area contributed by atoms with Gasteiger partial charge in [0.05, 0.1) is 7.11 Å². The van der Waals surface area contributed by atoms with E-state index in [0.717, 1.165) is 18.5 Å². The largest absolute Gasteiger partial charge is 0.494 e. The second kappa shape index (κ2) is 6.38. The maximum atomic E-state index is 14.3. The minimum Gasteiger partial charge on any atom is -0.494 e. The van der Waals surface area contributed by atoms with Crippen LogP contribution in [-0.4, -0.2) is 20.7 Å². The molecule has 2 rings (SSSR count). The Kier molecular flexibility index (Phi) is 4.81. The predicted octanol–water partition coefficient (Wildman–Crippen LogP) is 3.55. The standard InChI is InChI=1S/C16H24FNO/c1-18-12-16(9-4-3-5-10-16)11-13-7-6-8-14(19-2)15(13)17/h6-8,18H,3-5,9-12H2,1-2H3. The lowest BCUT2D eigenvalue weighted by Crippen LogP contribution is -2.36. The van der Waals surface area contributed by atoms with Gasteiger partial charge < -0.3 is 10.1 Å². The molecule has 1 aliphatic rings. The smallest absolute Gasteiger partial charge is 0.168 e. The summed E-state index contributed by atoms with van der Waals surface area (Å²) >= 11 is 0. The Morgan fingerprint density at radius 2 is 2.00 bits per heavy atom. The number of hydrogen-bond acceptors (Lipinski definition) is 2. The average molecular weight is 265 g/mol. The number of methoxy groups -OCH3 is 1. The number of hydrogen-bond donors (Lipinski definition) is 1. The highest BCUT2D eigenvalue weighted by Crippen LogP contribution is 2.39. The normalized spacial score (nSPS) is 18.3. The van der Waals surface area contributed by atoms with E-state index in [-0.39, 0.29) is 11.2 Å². The summed E-state index contributed by atoms with van der Waals surface area (Å²) in [5.74, 6) is 0.166. The number of benzene rings is 1. The van der Waals surface area contributed by atoms with Crippen LogP contribution in [0.2, 0.25) is 0 Å². The number of nitrogens with one attached hydrogen (secondary N) is 1. The minimum atomic E-state index is -0.189.